The van der Waals surface area contributed by atoms with Crippen molar-refractivity contribution in [2.75, 3.05) is 7.11 Å². The fraction of sp³-hybridized carbons (Fsp3) is 0.227. The topological polar surface area (TPSA) is 22.3 Å². The van der Waals surface area contributed by atoms with Gasteiger partial charge in [0.15, 0.2) is 18.0 Å². The minimum Gasteiger partial charge on any atom is -0.493 e. The van der Waals surface area contributed by atoms with Gasteiger partial charge >= 0.3 is 0 Å². The quantitative estimate of drug-likeness (QED) is 0.432. The van der Waals surface area contributed by atoms with E-state index in [1.54, 1.807) is 7.11 Å². The third-order valence-corrected chi connectivity index (χ3v) is 5.70. The molecule has 0 spiro atoms. The molecule has 0 fully saturated rings. The van der Waals surface area contributed by atoms with Gasteiger partial charge in [-0.3, -0.25) is 0 Å². The van der Waals surface area contributed by atoms with Crippen LogP contribution in [0.4, 0.5) is 0 Å². The van der Waals surface area contributed by atoms with Crippen LogP contribution in [-0.4, -0.2) is 7.11 Å². The molecule has 2 heterocycles. The van der Waals surface area contributed by atoms with E-state index < -0.39 is 0 Å². The number of nitrogens with zero attached hydrogens (tertiary/aromatic N) is 1. The minimum atomic E-state index is 0.498. The number of rotatable bonds is 4. The monoisotopic (exact) mass is 400 g/mol. The standard InChI is InChI=1S/C22H20Cl2NO2/c1-14-18(23)12-20(24)25-11-10-17-16(21(14)25)8-9-19(22(17)26-2)27-13-15-6-4-3-5-7-15/h3-9,12H,10-11,13H2,1-2H3/q+1. The second kappa shape index (κ2) is 7.41. The summed E-state index contributed by atoms with van der Waals surface area (Å²) in [6.07, 6.45) is 0.819. The van der Waals surface area contributed by atoms with Gasteiger partial charge in [0, 0.05) is 23.6 Å². The number of aromatic nitrogens is 1. The van der Waals surface area contributed by atoms with E-state index in [4.69, 9.17) is 32.7 Å². The van der Waals surface area contributed by atoms with Crippen LogP contribution < -0.4 is 14.0 Å². The van der Waals surface area contributed by atoms with Gasteiger partial charge in [0.05, 0.1) is 17.7 Å². The van der Waals surface area contributed by atoms with Crippen molar-refractivity contribution >= 4 is 23.2 Å². The van der Waals surface area contributed by atoms with E-state index >= 15 is 0 Å². The van der Waals surface area contributed by atoms with Gasteiger partial charge in [0.25, 0.3) is 5.15 Å². The maximum absolute atomic E-state index is 6.43. The average molecular weight is 401 g/mol. The first kappa shape index (κ1) is 18.1. The fourth-order valence-corrected chi connectivity index (χ4v) is 4.18. The van der Waals surface area contributed by atoms with E-state index in [1.165, 1.54) is 0 Å². The molecule has 138 valence electrons. The molecule has 3 nitrogen and oxygen atoms in total. The molecule has 0 N–H and O–H groups in total. The van der Waals surface area contributed by atoms with Crippen molar-refractivity contribution in [3.8, 4) is 22.8 Å². The highest BCUT2D eigenvalue weighted by Crippen LogP contribution is 2.42. The van der Waals surface area contributed by atoms with Crippen LogP contribution in [0.5, 0.6) is 11.5 Å². The fourth-order valence-electron chi connectivity index (χ4n) is 3.65. The molecule has 3 aromatic rings. The van der Waals surface area contributed by atoms with Gasteiger partial charge in [-0.1, -0.05) is 41.9 Å². The largest absolute Gasteiger partial charge is 0.493 e. The van der Waals surface area contributed by atoms with Crippen molar-refractivity contribution in [3.63, 3.8) is 0 Å². The molecule has 0 aliphatic carbocycles. The Morgan fingerprint density at radius 1 is 1.07 bits per heavy atom. The molecule has 0 atom stereocenters. The summed E-state index contributed by atoms with van der Waals surface area (Å²) in [5.41, 5.74) is 5.40. The third-order valence-electron chi connectivity index (χ3n) is 4.99. The number of fused-ring (bicyclic) bond motifs is 3. The summed E-state index contributed by atoms with van der Waals surface area (Å²) in [6.45, 7) is 3.29. The summed E-state index contributed by atoms with van der Waals surface area (Å²) in [6, 6.07) is 15.9. The lowest BCUT2D eigenvalue weighted by Crippen LogP contribution is -2.42. The van der Waals surface area contributed by atoms with Crippen molar-refractivity contribution < 1.29 is 14.0 Å². The molecular weight excluding hydrogens is 381 g/mol. The Balaban J connectivity index is 1.76. The number of benzene rings is 2. The van der Waals surface area contributed by atoms with E-state index in [0.717, 1.165) is 52.4 Å². The van der Waals surface area contributed by atoms with Crippen LogP contribution in [0.15, 0.2) is 48.5 Å². The first-order valence-corrected chi connectivity index (χ1v) is 9.61. The zero-order chi connectivity index (χ0) is 19.0. The molecule has 5 heteroatoms. The van der Waals surface area contributed by atoms with Gasteiger partial charge in [0.2, 0.25) is 5.69 Å². The normalized spacial score (nSPS) is 12.3. The molecule has 0 unspecified atom stereocenters. The molecule has 27 heavy (non-hydrogen) atoms. The maximum atomic E-state index is 6.43. The summed E-state index contributed by atoms with van der Waals surface area (Å²) in [4.78, 5) is 0. The first-order chi connectivity index (χ1) is 13.1. The zero-order valence-electron chi connectivity index (χ0n) is 15.3. The van der Waals surface area contributed by atoms with Crippen molar-refractivity contribution in [1.82, 2.24) is 0 Å². The molecule has 1 aliphatic heterocycles. The second-order valence-electron chi connectivity index (χ2n) is 6.59. The Labute approximate surface area is 169 Å². The Kier molecular flexibility index (Phi) is 4.98. The van der Waals surface area contributed by atoms with Crippen LogP contribution in [-0.2, 0) is 19.6 Å². The molecular formula is C22H20Cl2NO2+. The summed E-state index contributed by atoms with van der Waals surface area (Å²) < 4.78 is 13.9. The summed E-state index contributed by atoms with van der Waals surface area (Å²) in [5, 5.41) is 1.32. The summed E-state index contributed by atoms with van der Waals surface area (Å²) in [5.74, 6) is 1.53. The zero-order valence-corrected chi connectivity index (χ0v) is 16.8. The lowest BCUT2D eigenvalue weighted by Gasteiger charge is -2.22. The van der Waals surface area contributed by atoms with Gasteiger partial charge in [-0.05, 0) is 36.2 Å². The van der Waals surface area contributed by atoms with E-state index in [1.807, 2.05) is 49.4 Å². The Hall–Kier alpha value is -2.23. The van der Waals surface area contributed by atoms with Crippen LogP contribution in [0.2, 0.25) is 10.2 Å². The van der Waals surface area contributed by atoms with Crippen LogP contribution in [0.1, 0.15) is 16.7 Å². The lowest BCUT2D eigenvalue weighted by molar-refractivity contribution is -0.685. The van der Waals surface area contributed by atoms with Crippen LogP contribution >= 0.6 is 23.2 Å². The summed E-state index contributed by atoms with van der Waals surface area (Å²) >= 11 is 12.8. The van der Waals surface area contributed by atoms with E-state index in [0.29, 0.717) is 16.8 Å². The van der Waals surface area contributed by atoms with Gasteiger partial charge in [-0.2, -0.15) is 4.57 Å². The Morgan fingerprint density at radius 2 is 1.85 bits per heavy atom. The SMILES string of the molecule is COc1c(OCc2ccccc2)ccc2c1CC[n+]1c(Cl)cc(Cl)c(C)c1-2. The number of halogens is 2. The molecule has 0 bridgehead atoms. The molecule has 4 rings (SSSR count). The second-order valence-corrected chi connectivity index (χ2v) is 7.38. The van der Waals surface area contributed by atoms with Crippen LogP contribution in [0.3, 0.4) is 0 Å². The highest BCUT2D eigenvalue weighted by Gasteiger charge is 2.32. The van der Waals surface area contributed by atoms with Crippen molar-refractivity contribution in [1.29, 1.82) is 0 Å². The molecule has 2 aromatic carbocycles. The maximum Gasteiger partial charge on any atom is 0.276 e. The first-order valence-electron chi connectivity index (χ1n) is 8.85. The molecule has 1 aliphatic rings. The van der Waals surface area contributed by atoms with Gasteiger partial charge in [0.1, 0.15) is 6.61 Å². The average Bonchev–Trinajstić information content (AvgIpc) is 2.70. The number of hydrogen-bond acceptors (Lipinski definition) is 2. The van der Waals surface area contributed by atoms with Gasteiger partial charge in [-0.25, -0.2) is 0 Å². The summed E-state index contributed by atoms with van der Waals surface area (Å²) in [7, 11) is 1.69. The van der Waals surface area contributed by atoms with E-state index in [9.17, 15) is 0 Å². The van der Waals surface area contributed by atoms with E-state index in [-0.39, 0.29) is 0 Å². The molecule has 0 saturated heterocycles. The molecule has 0 saturated carbocycles. The molecule has 0 amide bonds. The highest BCUT2D eigenvalue weighted by molar-refractivity contribution is 6.34. The lowest BCUT2D eigenvalue weighted by atomic mass is 9.93. The van der Waals surface area contributed by atoms with Crippen LogP contribution in [0, 0.1) is 6.92 Å². The smallest absolute Gasteiger partial charge is 0.276 e. The highest BCUT2D eigenvalue weighted by atomic mass is 35.5. The van der Waals surface area contributed by atoms with Crippen molar-refractivity contribution in [2.45, 2.75) is 26.5 Å². The van der Waals surface area contributed by atoms with Gasteiger partial charge in [-0.15, -0.1) is 0 Å². The van der Waals surface area contributed by atoms with Crippen molar-refractivity contribution in [2.24, 2.45) is 0 Å². The number of ether oxygens (including phenoxy) is 2. The number of pyridine rings is 1. The Morgan fingerprint density at radius 3 is 2.59 bits per heavy atom. The molecule has 0 radical (unpaired) electrons. The third kappa shape index (κ3) is 3.26. The van der Waals surface area contributed by atoms with Crippen LogP contribution in [0.25, 0.3) is 11.3 Å². The van der Waals surface area contributed by atoms with Gasteiger partial charge < -0.3 is 9.47 Å². The number of hydrogen-bond donors (Lipinski definition) is 0. The predicted octanol–water partition coefficient (Wildman–Crippen LogP) is 5.40. The van der Waals surface area contributed by atoms with E-state index in [2.05, 4.69) is 10.6 Å². The van der Waals surface area contributed by atoms with Crippen molar-refractivity contribution in [3.05, 3.63) is 75.4 Å². The number of methoxy groups -OCH3 is 1. The Bertz CT molecular complexity index is 1000. The predicted molar refractivity (Wildman–Crippen MR) is 108 cm³/mol. The minimum absolute atomic E-state index is 0.498. The molecule has 1 aromatic heterocycles.